The Morgan fingerprint density at radius 3 is 2.59 bits per heavy atom. The number of nitriles is 1. The van der Waals surface area contributed by atoms with Crippen molar-refractivity contribution in [3.05, 3.63) is 6.20 Å². The number of hydrogen-bond acceptors (Lipinski definition) is 5. The third kappa shape index (κ3) is 2.39. The number of nitrogens with zero attached hydrogens (tertiary/aromatic N) is 6. The molecule has 1 aromatic rings. The summed E-state index contributed by atoms with van der Waals surface area (Å²) in [4.78, 5) is 4.51. The molecule has 92 valence electrons. The Bertz CT molecular complexity index is 398. The van der Waals surface area contributed by atoms with Crippen LogP contribution in [0.5, 0.6) is 0 Å². The molecule has 0 amide bonds. The van der Waals surface area contributed by atoms with Gasteiger partial charge in [-0.2, -0.15) is 5.26 Å². The third-order valence-corrected chi connectivity index (χ3v) is 3.31. The molecule has 6 nitrogen and oxygen atoms in total. The Hall–Kier alpha value is -1.61. The van der Waals surface area contributed by atoms with E-state index in [-0.39, 0.29) is 6.04 Å². The largest absolute Gasteiger partial charge is 0.353 e. The molecule has 0 spiro atoms. The molecule has 1 saturated heterocycles. The maximum Gasteiger partial charge on any atom is 0.147 e. The lowest BCUT2D eigenvalue weighted by Crippen LogP contribution is -2.50. The molecule has 0 bridgehead atoms. The Morgan fingerprint density at radius 2 is 2.12 bits per heavy atom. The molecular formula is C11H18N6. The van der Waals surface area contributed by atoms with Crippen LogP contribution < -0.4 is 4.90 Å². The predicted octanol–water partition coefficient (Wildman–Crippen LogP) is 0.239. The van der Waals surface area contributed by atoms with Crippen molar-refractivity contribution in [2.45, 2.75) is 19.4 Å². The maximum absolute atomic E-state index is 9.04. The maximum atomic E-state index is 9.04. The van der Waals surface area contributed by atoms with E-state index in [1.165, 1.54) is 0 Å². The molecule has 2 rings (SSSR count). The van der Waals surface area contributed by atoms with E-state index < -0.39 is 0 Å². The quantitative estimate of drug-likeness (QED) is 0.749. The van der Waals surface area contributed by atoms with Gasteiger partial charge in [0.15, 0.2) is 0 Å². The lowest BCUT2D eigenvalue weighted by Gasteiger charge is -2.37. The molecule has 1 aromatic heterocycles. The van der Waals surface area contributed by atoms with Crippen molar-refractivity contribution in [3.63, 3.8) is 0 Å². The van der Waals surface area contributed by atoms with E-state index in [2.05, 4.69) is 33.1 Å². The van der Waals surface area contributed by atoms with E-state index in [0.717, 1.165) is 38.4 Å². The highest BCUT2D eigenvalue weighted by Crippen LogP contribution is 2.15. The molecular weight excluding hydrogens is 216 g/mol. The Morgan fingerprint density at radius 1 is 1.41 bits per heavy atom. The molecule has 17 heavy (non-hydrogen) atoms. The molecule has 2 heterocycles. The highest BCUT2D eigenvalue weighted by Gasteiger charge is 2.23. The molecule has 0 aliphatic carbocycles. The van der Waals surface area contributed by atoms with Gasteiger partial charge in [0.25, 0.3) is 0 Å². The first-order chi connectivity index (χ1) is 8.26. The highest BCUT2D eigenvalue weighted by molar-refractivity contribution is 5.36. The topological polar surface area (TPSA) is 61.0 Å². The smallest absolute Gasteiger partial charge is 0.147 e. The van der Waals surface area contributed by atoms with Crippen molar-refractivity contribution < 1.29 is 0 Å². The highest BCUT2D eigenvalue weighted by atomic mass is 15.5. The molecule has 6 heteroatoms. The molecule has 1 unspecified atom stereocenters. The molecule has 1 atom stereocenters. The van der Waals surface area contributed by atoms with Gasteiger partial charge in [0.1, 0.15) is 5.82 Å². The number of anilines is 1. The summed E-state index contributed by atoms with van der Waals surface area (Å²) in [5, 5.41) is 16.9. The lowest BCUT2D eigenvalue weighted by atomic mass is 10.2. The summed E-state index contributed by atoms with van der Waals surface area (Å²) >= 11 is 0. The van der Waals surface area contributed by atoms with Gasteiger partial charge in [0.2, 0.25) is 0 Å². The zero-order chi connectivity index (χ0) is 12.3. The summed E-state index contributed by atoms with van der Waals surface area (Å²) in [6.45, 7) is 5.78. The van der Waals surface area contributed by atoms with E-state index in [1.807, 2.05) is 7.05 Å². The van der Waals surface area contributed by atoms with Gasteiger partial charge in [0, 0.05) is 33.2 Å². The Labute approximate surface area is 101 Å². The summed E-state index contributed by atoms with van der Waals surface area (Å²) in [7, 11) is 1.90. The molecule has 0 aromatic carbocycles. The zero-order valence-corrected chi connectivity index (χ0v) is 10.4. The Balaban J connectivity index is 1.95. The average molecular weight is 234 g/mol. The van der Waals surface area contributed by atoms with Crippen LogP contribution in [0.2, 0.25) is 0 Å². The number of rotatable bonds is 3. The van der Waals surface area contributed by atoms with Gasteiger partial charge in [-0.15, -0.1) is 5.10 Å². The van der Waals surface area contributed by atoms with Crippen LogP contribution in [0.25, 0.3) is 0 Å². The van der Waals surface area contributed by atoms with Crippen LogP contribution >= 0.6 is 0 Å². The van der Waals surface area contributed by atoms with Gasteiger partial charge in [-0.25, -0.2) is 4.68 Å². The van der Waals surface area contributed by atoms with Gasteiger partial charge >= 0.3 is 0 Å². The third-order valence-electron chi connectivity index (χ3n) is 3.31. The van der Waals surface area contributed by atoms with Gasteiger partial charge in [-0.05, 0) is 6.42 Å². The molecule has 0 saturated carbocycles. The number of aromatic nitrogens is 3. The monoisotopic (exact) mass is 234 g/mol. The van der Waals surface area contributed by atoms with Gasteiger partial charge < -0.3 is 4.90 Å². The van der Waals surface area contributed by atoms with Gasteiger partial charge in [0.05, 0.1) is 18.3 Å². The van der Waals surface area contributed by atoms with Gasteiger partial charge in [-0.3, -0.25) is 4.90 Å². The normalized spacial score (nSPS) is 19.0. The van der Waals surface area contributed by atoms with Crippen molar-refractivity contribution in [1.82, 2.24) is 19.9 Å². The standard InChI is InChI=1S/C11H18N6/c1-3-10(8-12)16-4-6-17(7-5-16)11-9-13-14-15(11)2/h9-10H,3-7H2,1-2H3. The second kappa shape index (κ2) is 5.15. The fourth-order valence-corrected chi connectivity index (χ4v) is 2.26. The zero-order valence-electron chi connectivity index (χ0n) is 10.4. The minimum atomic E-state index is 0.0572. The number of aryl methyl sites for hydroxylation is 1. The van der Waals surface area contributed by atoms with Crippen LogP contribution in [-0.4, -0.2) is 52.1 Å². The van der Waals surface area contributed by atoms with Crippen LogP contribution in [0.3, 0.4) is 0 Å². The van der Waals surface area contributed by atoms with Crippen LogP contribution in [0.15, 0.2) is 6.20 Å². The van der Waals surface area contributed by atoms with Gasteiger partial charge in [-0.1, -0.05) is 12.1 Å². The van der Waals surface area contributed by atoms with Crippen LogP contribution in [0, 0.1) is 11.3 Å². The van der Waals surface area contributed by atoms with Crippen molar-refractivity contribution in [2.75, 3.05) is 31.1 Å². The molecule has 0 N–H and O–H groups in total. The molecule has 0 radical (unpaired) electrons. The van der Waals surface area contributed by atoms with E-state index >= 15 is 0 Å². The van der Waals surface area contributed by atoms with Crippen molar-refractivity contribution in [2.24, 2.45) is 7.05 Å². The fourth-order valence-electron chi connectivity index (χ4n) is 2.26. The second-order valence-corrected chi connectivity index (χ2v) is 4.29. The number of piperazine rings is 1. The SMILES string of the molecule is CCC(C#N)N1CCN(c2cnnn2C)CC1. The summed E-state index contributed by atoms with van der Waals surface area (Å²) in [5.74, 6) is 1.05. The molecule has 1 aliphatic heterocycles. The van der Waals surface area contributed by atoms with E-state index in [9.17, 15) is 0 Å². The van der Waals surface area contributed by atoms with Crippen molar-refractivity contribution in [3.8, 4) is 6.07 Å². The van der Waals surface area contributed by atoms with Crippen LogP contribution in [-0.2, 0) is 7.05 Å². The summed E-state index contributed by atoms with van der Waals surface area (Å²) in [6.07, 6.45) is 2.68. The first-order valence-electron chi connectivity index (χ1n) is 5.99. The minimum absolute atomic E-state index is 0.0572. The van der Waals surface area contributed by atoms with E-state index in [1.54, 1.807) is 10.9 Å². The second-order valence-electron chi connectivity index (χ2n) is 4.29. The summed E-state index contributed by atoms with van der Waals surface area (Å²) < 4.78 is 1.79. The predicted molar refractivity (Wildman–Crippen MR) is 64.5 cm³/mol. The van der Waals surface area contributed by atoms with Crippen molar-refractivity contribution >= 4 is 5.82 Å². The number of hydrogen-bond donors (Lipinski definition) is 0. The summed E-state index contributed by atoms with van der Waals surface area (Å²) in [6, 6.07) is 2.42. The summed E-state index contributed by atoms with van der Waals surface area (Å²) in [5.41, 5.74) is 0. The van der Waals surface area contributed by atoms with Crippen molar-refractivity contribution in [1.29, 1.82) is 5.26 Å². The fraction of sp³-hybridized carbons (Fsp3) is 0.727. The first kappa shape index (κ1) is 11.9. The Kier molecular flexibility index (Phi) is 3.59. The van der Waals surface area contributed by atoms with Crippen LogP contribution in [0.4, 0.5) is 5.82 Å². The van der Waals surface area contributed by atoms with E-state index in [0.29, 0.717) is 0 Å². The first-order valence-corrected chi connectivity index (χ1v) is 5.99. The molecule has 1 aliphatic rings. The van der Waals surface area contributed by atoms with E-state index in [4.69, 9.17) is 5.26 Å². The van der Waals surface area contributed by atoms with Crippen LogP contribution in [0.1, 0.15) is 13.3 Å². The molecule has 1 fully saturated rings. The lowest BCUT2D eigenvalue weighted by molar-refractivity contribution is 0.215. The average Bonchev–Trinajstić information content (AvgIpc) is 2.78. The minimum Gasteiger partial charge on any atom is -0.353 e.